The Balaban J connectivity index is 1.43. The molecule has 2 aromatic heterocycles. The molecule has 2 heterocycles. The molecule has 8 heteroatoms. The number of nitrogens with one attached hydrogen (secondary N) is 2. The molecule has 6 nitrogen and oxygen atoms in total. The molecule has 0 atom stereocenters. The lowest BCUT2D eigenvalue weighted by Gasteiger charge is -2.15. The van der Waals surface area contributed by atoms with Crippen molar-refractivity contribution in [3.8, 4) is 16.9 Å². The van der Waals surface area contributed by atoms with E-state index in [0.717, 1.165) is 35.0 Å². The Morgan fingerprint density at radius 3 is 2.91 bits per heavy atom. The van der Waals surface area contributed by atoms with Crippen LogP contribution in [0.2, 0.25) is 5.02 Å². The fourth-order valence-electron chi connectivity index (χ4n) is 3.62. The molecule has 0 aliphatic heterocycles. The van der Waals surface area contributed by atoms with Gasteiger partial charge in [0.2, 0.25) is 0 Å². The number of H-pyrrole nitrogens is 1. The third-order valence-electron chi connectivity index (χ3n) is 5.45. The van der Waals surface area contributed by atoms with Crippen LogP contribution < -0.4 is 10.1 Å². The zero-order chi connectivity index (χ0) is 22.2. The fraction of sp³-hybridized carbons (Fsp3) is 0.208. The van der Waals surface area contributed by atoms with E-state index in [1.807, 2.05) is 6.92 Å². The van der Waals surface area contributed by atoms with E-state index >= 15 is 4.39 Å². The van der Waals surface area contributed by atoms with Crippen molar-refractivity contribution in [2.45, 2.75) is 32.4 Å². The average Bonchev–Trinajstić information content (AvgIpc) is 3.43. The van der Waals surface area contributed by atoms with Gasteiger partial charge in [0.25, 0.3) is 5.91 Å². The van der Waals surface area contributed by atoms with Gasteiger partial charge in [-0.2, -0.15) is 5.10 Å². The van der Waals surface area contributed by atoms with Crippen LogP contribution in [0.3, 0.4) is 0 Å². The molecule has 0 bridgehead atoms. The van der Waals surface area contributed by atoms with Gasteiger partial charge in [-0.1, -0.05) is 23.7 Å². The lowest BCUT2D eigenvalue weighted by molar-refractivity contribution is 0.0950. The predicted molar refractivity (Wildman–Crippen MR) is 120 cm³/mol. The molecule has 1 aliphatic carbocycles. The first kappa shape index (κ1) is 20.5. The summed E-state index contributed by atoms with van der Waals surface area (Å²) >= 11 is 6.10. The van der Waals surface area contributed by atoms with Crippen molar-refractivity contribution in [2.75, 3.05) is 0 Å². The lowest BCUT2D eigenvalue weighted by Crippen LogP contribution is -2.23. The summed E-state index contributed by atoms with van der Waals surface area (Å²) in [5, 5.41) is 11.2. The van der Waals surface area contributed by atoms with Crippen LogP contribution in [0, 0.1) is 12.7 Å². The number of nitrogens with zero attached hydrogens (tertiary/aromatic N) is 2. The first-order chi connectivity index (χ1) is 15.5. The van der Waals surface area contributed by atoms with Crippen molar-refractivity contribution in [1.82, 2.24) is 20.5 Å². The standard InChI is InChI=1S/C24H20ClFN4O2/c1-13-19-12-29-30-23(19)16(10-27-13)11-28-24(31)15-8-20(26)22(14-3-2-4-17(25)7-14)21(9-15)32-18-5-6-18/h2-4,7-10,12,18H,5-6,11H2,1H3,(H,28,31)(H,29,30). The van der Waals surface area contributed by atoms with Crippen molar-refractivity contribution < 1.29 is 13.9 Å². The second-order valence-electron chi connectivity index (χ2n) is 7.87. The number of amides is 1. The van der Waals surface area contributed by atoms with E-state index in [0.29, 0.717) is 21.9 Å². The van der Waals surface area contributed by atoms with Crippen LogP contribution in [-0.4, -0.2) is 27.2 Å². The van der Waals surface area contributed by atoms with Crippen molar-refractivity contribution >= 4 is 28.4 Å². The number of hydrogen-bond donors (Lipinski definition) is 2. The summed E-state index contributed by atoms with van der Waals surface area (Å²) in [5.74, 6) is -0.605. The summed E-state index contributed by atoms with van der Waals surface area (Å²) in [7, 11) is 0. The number of carbonyl (C=O) groups is 1. The van der Waals surface area contributed by atoms with Crippen LogP contribution in [-0.2, 0) is 6.54 Å². The van der Waals surface area contributed by atoms with Crippen LogP contribution in [0.15, 0.2) is 48.8 Å². The van der Waals surface area contributed by atoms with Gasteiger partial charge in [0.15, 0.2) is 0 Å². The van der Waals surface area contributed by atoms with Crippen LogP contribution in [0.5, 0.6) is 5.75 Å². The number of halogens is 2. The van der Waals surface area contributed by atoms with Crippen LogP contribution >= 0.6 is 11.6 Å². The molecule has 0 saturated heterocycles. The highest BCUT2D eigenvalue weighted by molar-refractivity contribution is 6.30. The third-order valence-corrected chi connectivity index (χ3v) is 5.69. The average molecular weight is 451 g/mol. The van der Waals surface area contributed by atoms with Crippen LogP contribution in [0.25, 0.3) is 22.0 Å². The van der Waals surface area contributed by atoms with Crippen molar-refractivity contribution in [1.29, 1.82) is 0 Å². The second kappa shape index (κ2) is 8.24. The fourth-order valence-corrected chi connectivity index (χ4v) is 3.81. The molecule has 2 N–H and O–H groups in total. The van der Waals surface area contributed by atoms with E-state index < -0.39 is 11.7 Å². The van der Waals surface area contributed by atoms with E-state index in [9.17, 15) is 4.79 Å². The van der Waals surface area contributed by atoms with Crippen LogP contribution in [0.1, 0.15) is 34.5 Å². The molecule has 32 heavy (non-hydrogen) atoms. The van der Waals surface area contributed by atoms with Crippen molar-refractivity contribution in [3.05, 3.63) is 76.5 Å². The monoisotopic (exact) mass is 450 g/mol. The summed E-state index contributed by atoms with van der Waals surface area (Å²) in [5.41, 5.74) is 3.55. The minimum Gasteiger partial charge on any atom is -0.490 e. The normalized spacial score (nSPS) is 13.3. The molecule has 1 amide bonds. The number of rotatable bonds is 6. The lowest BCUT2D eigenvalue weighted by atomic mass is 10.0. The second-order valence-corrected chi connectivity index (χ2v) is 8.31. The largest absolute Gasteiger partial charge is 0.490 e. The molecular weight excluding hydrogens is 431 g/mol. The maximum absolute atomic E-state index is 15.2. The molecule has 2 aromatic carbocycles. The Kier molecular flexibility index (Phi) is 5.27. The Morgan fingerprint density at radius 2 is 2.12 bits per heavy atom. The van der Waals surface area contributed by atoms with Gasteiger partial charge >= 0.3 is 0 Å². The van der Waals surface area contributed by atoms with Gasteiger partial charge in [-0.15, -0.1) is 0 Å². The van der Waals surface area contributed by atoms with Gasteiger partial charge in [0, 0.05) is 40.0 Å². The number of aromatic nitrogens is 3. The van der Waals surface area contributed by atoms with E-state index in [1.54, 1.807) is 42.7 Å². The molecule has 4 aromatic rings. The minimum atomic E-state index is -0.538. The van der Waals surface area contributed by atoms with Crippen molar-refractivity contribution in [3.63, 3.8) is 0 Å². The van der Waals surface area contributed by atoms with E-state index in [1.165, 1.54) is 6.07 Å². The van der Waals surface area contributed by atoms with Gasteiger partial charge in [0.1, 0.15) is 11.6 Å². The molecule has 0 unspecified atom stereocenters. The molecular formula is C24H20ClFN4O2. The van der Waals surface area contributed by atoms with E-state index in [4.69, 9.17) is 16.3 Å². The number of hydrogen-bond acceptors (Lipinski definition) is 4. The molecule has 1 aliphatic rings. The highest BCUT2D eigenvalue weighted by Crippen LogP contribution is 2.38. The van der Waals surface area contributed by atoms with Gasteiger partial charge in [-0.25, -0.2) is 4.39 Å². The number of aryl methyl sites for hydroxylation is 1. The SMILES string of the molecule is Cc1ncc(CNC(=O)c2cc(F)c(-c3cccc(Cl)c3)c(OC3CC3)c2)c2[nH]ncc12. The Morgan fingerprint density at radius 1 is 1.28 bits per heavy atom. The molecule has 5 rings (SSSR count). The summed E-state index contributed by atoms with van der Waals surface area (Å²) in [6, 6.07) is 9.74. The smallest absolute Gasteiger partial charge is 0.251 e. The number of ether oxygens (including phenoxy) is 1. The summed E-state index contributed by atoms with van der Waals surface area (Å²) in [6.07, 6.45) is 5.26. The zero-order valence-corrected chi connectivity index (χ0v) is 18.0. The molecule has 162 valence electrons. The zero-order valence-electron chi connectivity index (χ0n) is 17.3. The first-order valence-electron chi connectivity index (χ1n) is 10.3. The van der Waals surface area contributed by atoms with Gasteiger partial charge in [-0.3, -0.25) is 14.9 Å². The van der Waals surface area contributed by atoms with Gasteiger partial charge in [-0.05, 0) is 49.6 Å². The molecule has 0 radical (unpaired) electrons. The number of pyridine rings is 1. The van der Waals surface area contributed by atoms with Crippen molar-refractivity contribution in [2.24, 2.45) is 0 Å². The number of benzene rings is 2. The first-order valence-corrected chi connectivity index (χ1v) is 10.7. The highest BCUT2D eigenvalue weighted by Gasteiger charge is 2.27. The topological polar surface area (TPSA) is 79.9 Å². The number of carbonyl (C=O) groups excluding carboxylic acids is 1. The van der Waals surface area contributed by atoms with Gasteiger partial charge < -0.3 is 10.1 Å². The third kappa shape index (κ3) is 4.03. The van der Waals surface area contributed by atoms with E-state index in [2.05, 4.69) is 20.5 Å². The number of fused-ring (bicyclic) bond motifs is 1. The Hall–Kier alpha value is -3.45. The summed E-state index contributed by atoms with van der Waals surface area (Å²) in [6.45, 7) is 2.12. The maximum atomic E-state index is 15.2. The molecule has 1 fully saturated rings. The van der Waals surface area contributed by atoms with Gasteiger partial charge in [0.05, 0.1) is 23.4 Å². The minimum absolute atomic E-state index is 0.0398. The summed E-state index contributed by atoms with van der Waals surface area (Å²) < 4.78 is 21.2. The Labute approximate surface area is 188 Å². The summed E-state index contributed by atoms with van der Waals surface area (Å²) in [4.78, 5) is 17.2. The molecule has 0 spiro atoms. The number of aromatic amines is 1. The van der Waals surface area contributed by atoms with E-state index in [-0.39, 0.29) is 18.2 Å². The van der Waals surface area contributed by atoms with Crippen LogP contribution in [0.4, 0.5) is 4.39 Å². The highest BCUT2D eigenvalue weighted by atomic mass is 35.5. The predicted octanol–water partition coefficient (Wildman–Crippen LogP) is 5.20. The quantitative estimate of drug-likeness (QED) is 0.423. The molecule has 1 saturated carbocycles. The maximum Gasteiger partial charge on any atom is 0.251 e. The Bertz CT molecular complexity index is 1330.